The Balaban J connectivity index is 1.83. The van der Waals surface area contributed by atoms with Gasteiger partial charge in [-0.05, 0) is 35.4 Å². The van der Waals surface area contributed by atoms with Crippen molar-refractivity contribution < 1.29 is 18.0 Å². The summed E-state index contributed by atoms with van der Waals surface area (Å²) in [4.78, 5) is 12.1. The fourth-order valence-corrected chi connectivity index (χ4v) is 4.22. The quantitative estimate of drug-likeness (QED) is 0.348. The van der Waals surface area contributed by atoms with E-state index < -0.39 is 23.4 Å². The Morgan fingerprint density at radius 3 is 2.34 bits per heavy atom. The summed E-state index contributed by atoms with van der Waals surface area (Å²) in [6, 6.07) is 22.0. The zero-order chi connectivity index (χ0) is 22.4. The van der Waals surface area contributed by atoms with Gasteiger partial charge in [0, 0.05) is 28.0 Å². The molecule has 0 radical (unpaired) electrons. The van der Waals surface area contributed by atoms with E-state index in [0.717, 1.165) is 22.6 Å². The van der Waals surface area contributed by atoms with Gasteiger partial charge in [-0.1, -0.05) is 48.5 Å². The molecule has 2 N–H and O–H groups in total. The highest BCUT2D eigenvalue weighted by Gasteiger charge is 2.19. The van der Waals surface area contributed by atoms with Gasteiger partial charge in [0.15, 0.2) is 11.6 Å². The van der Waals surface area contributed by atoms with Crippen molar-refractivity contribution in [2.24, 2.45) is 5.73 Å². The minimum atomic E-state index is -1.25. The maximum absolute atomic E-state index is 14.5. The Hall–Kier alpha value is -4.06. The Bertz CT molecular complexity index is 1510. The molecule has 32 heavy (non-hydrogen) atoms. The molecule has 0 spiro atoms. The van der Waals surface area contributed by atoms with Gasteiger partial charge in [-0.2, -0.15) is 0 Å². The lowest BCUT2D eigenvalue weighted by Gasteiger charge is -2.11. The zero-order valence-corrected chi connectivity index (χ0v) is 16.8. The van der Waals surface area contributed by atoms with Crippen molar-refractivity contribution in [3.05, 3.63) is 107 Å². The molecule has 0 aliphatic heterocycles. The Morgan fingerprint density at radius 1 is 0.812 bits per heavy atom. The SMILES string of the molecule is NC(=O)c1cccc2c1c1ccc(-c3ccccc3)cc1n2Cc1cc(F)cc(F)c1F. The molecule has 0 saturated carbocycles. The first-order valence-corrected chi connectivity index (χ1v) is 9.97. The van der Waals surface area contributed by atoms with Crippen LogP contribution in [-0.4, -0.2) is 10.5 Å². The third-order valence-corrected chi connectivity index (χ3v) is 5.66. The summed E-state index contributed by atoms with van der Waals surface area (Å²) >= 11 is 0. The highest BCUT2D eigenvalue weighted by molar-refractivity contribution is 6.18. The molecular formula is C26H17F3N2O. The number of carbonyl (C=O) groups is 1. The summed E-state index contributed by atoms with van der Waals surface area (Å²) < 4.78 is 44.0. The second kappa shape index (κ2) is 7.57. The Morgan fingerprint density at radius 2 is 1.59 bits per heavy atom. The third-order valence-electron chi connectivity index (χ3n) is 5.66. The largest absolute Gasteiger partial charge is 0.366 e. The first-order chi connectivity index (χ1) is 15.4. The Kier molecular flexibility index (Phi) is 4.70. The summed E-state index contributed by atoms with van der Waals surface area (Å²) in [6.07, 6.45) is 0. The van der Waals surface area contributed by atoms with Crippen LogP contribution in [-0.2, 0) is 6.54 Å². The van der Waals surface area contributed by atoms with E-state index in [1.54, 1.807) is 22.8 Å². The predicted octanol–water partition coefficient (Wildman–Crippen LogP) is 6.03. The van der Waals surface area contributed by atoms with Gasteiger partial charge in [-0.25, -0.2) is 13.2 Å². The van der Waals surface area contributed by atoms with Gasteiger partial charge in [-0.3, -0.25) is 4.79 Å². The molecule has 5 aromatic rings. The molecule has 0 saturated heterocycles. The lowest BCUT2D eigenvalue weighted by Crippen LogP contribution is -2.11. The maximum Gasteiger partial charge on any atom is 0.249 e. The van der Waals surface area contributed by atoms with Crippen LogP contribution in [0.1, 0.15) is 15.9 Å². The normalized spacial score (nSPS) is 11.3. The van der Waals surface area contributed by atoms with Gasteiger partial charge in [0.05, 0.1) is 17.6 Å². The minimum absolute atomic E-state index is 0.124. The molecule has 0 fully saturated rings. The van der Waals surface area contributed by atoms with Crippen molar-refractivity contribution >= 4 is 27.7 Å². The van der Waals surface area contributed by atoms with E-state index in [4.69, 9.17) is 5.73 Å². The fraction of sp³-hybridized carbons (Fsp3) is 0.0385. The first kappa shape index (κ1) is 19.9. The lowest BCUT2D eigenvalue weighted by atomic mass is 10.0. The monoisotopic (exact) mass is 430 g/mol. The summed E-state index contributed by atoms with van der Waals surface area (Å²) in [5.74, 6) is -3.80. The molecule has 0 atom stereocenters. The van der Waals surface area contributed by atoms with Crippen LogP contribution in [0.4, 0.5) is 13.2 Å². The Labute approximate surface area is 181 Å². The summed E-state index contributed by atoms with van der Waals surface area (Å²) in [5, 5.41) is 1.36. The molecule has 0 aliphatic carbocycles. The molecule has 1 amide bonds. The van der Waals surface area contributed by atoms with Crippen molar-refractivity contribution in [1.29, 1.82) is 0 Å². The van der Waals surface area contributed by atoms with Crippen molar-refractivity contribution in [1.82, 2.24) is 4.57 Å². The number of hydrogen-bond acceptors (Lipinski definition) is 1. The molecule has 6 heteroatoms. The van der Waals surface area contributed by atoms with Crippen LogP contribution in [0.15, 0.2) is 78.9 Å². The van der Waals surface area contributed by atoms with E-state index in [1.807, 2.05) is 48.5 Å². The number of hydrogen-bond donors (Lipinski definition) is 1. The molecule has 1 aromatic heterocycles. The smallest absolute Gasteiger partial charge is 0.249 e. The first-order valence-electron chi connectivity index (χ1n) is 9.97. The number of halogens is 3. The summed E-state index contributed by atoms with van der Waals surface area (Å²) in [5.41, 5.74) is 9.00. The summed E-state index contributed by atoms with van der Waals surface area (Å²) in [7, 11) is 0. The van der Waals surface area contributed by atoms with E-state index in [2.05, 4.69) is 0 Å². The molecule has 3 nitrogen and oxygen atoms in total. The number of rotatable bonds is 4. The second-order valence-electron chi connectivity index (χ2n) is 7.61. The van der Waals surface area contributed by atoms with Crippen molar-refractivity contribution in [3.8, 4) is 11.1 Å². The third kappa shape index (κ3) is 3.21. The van der Waals surface area contributed by atoms with E-state index in [9.17, 15) is 18.0 Å². The second-order valence-corrected chi connectivity index (χ2v) is 7.61. The summed E-state index contributed by atoms with van der Waals surface area (Å²) in [6.45, 7) is -0.124. The fourth-order valence-electron chi connectivity index (χ4n) is 4.22. The number of aromatic nitrogens is 1. The predicted molar refractivity (Wildman–Crippen MR) is 119 cm³/mol. The lowest BCUT2D eigenvalue weighted by molar-refractivity contribution is 0.100. The number of fused-ring (bicyclic) bond motifs is 3. The molecule has 0 aliphatic rings. The van der Waals surface area contributed by atoms with E-state index >= 15 is 0 Å². The van der Waals surface area contributed by atoms with Gasteiger partial charge in [-0.15, -0.1) is 0 Å². The van der Waals surface area contributed by atoms with Gasteiger partial charge in [0.25, 0.3) is 0 Å². The van der Waals surface area contributed by atoms with Crippen LogP contribution < -0.4 is 5.73 Å². The molecular weight excluding hydrogens is 413 g/mol. The van der Waals surface area contributed by atoms with E-state index in [-0.39, 0.29) is 12.1 Å². The van der Waals surface area contributed by atoms with Gasteiger partial charge >= 0.3 is 0 Å². The van der Waals surface area contributed by atoms with E-state index in [0.29, 0.717) is 28.0 Å². The molecule has 1 heterocycles. The van der Waals surface area contributed by atoms with Crippen LogP contribution in [0.5, 0.6) is 0 Å². The topological polar surface area (TPSA) is 48.0 Å². The molecule has 4 aromatic carbocycles. The zero-order valence-electron chi connectivity index (χ0n) is 16.8. The molecule has 5 rings (SSSR count). The average Bonchev–Trinajstić information content (AvgIpc) is 3.10. The van der Waals surface area contributed by atoms with E-state index in [1.165, 1.54) is 0 Å². The molecule has 158 valence electrons. The van der Waals surface area contributed by atoms with Crippen LogP contribution in [0.25, 0.3) is 32.9 Å². The number of nitrogens with zero attached hydrogens (tertiary/aromatic N) is 1. The molecule has 0 unspecified atom stereocenters. The van der Waals surface area contributed by atoms with Gasteiger partial charge in [0.1, 0.15) is 5.82 Å². The minimum Gasteiger partial charge on any atom is -0.366 e. The highest BCUT2D eigenvalue weighted by atomic mass is 19.2. The number of carbonyl (C=O) groups excluding carboxylic acids is 1. The van der Waals surface area contributed by atoms with Crippen molar-refractivity contribution in [2.75, 3.05) is 0 Å². The number of primary amides is 1. The maximum atomic E-state index is 14.5. The van der Waals surface area contributed by atoms with Crippen LogP contribution >= 0.6 is 0 Å². The molecule has 0 bridgehead atoms. The van der Waals surface area contributed by atoms with Gasteiger partial charge < -0.3 is 10.3 Å². The number of amides is 1. The number of nitrogens with two attached hydrogens (primary N) is 1. The van der Waals surface area contributed by atoms with Gasteiger partial charge in [0.2, 0.25) is 5.91 Å². The number of benzene rings is 4. The van der Waals surface area contributed by atoms with Crippen LogP contribution in [0.2, 0.25) is 0 Å². The average molecular weight is 430 g/mol. The van der Waals surface area contributed by atoms with Crippen LogP contribution in [0.3, 0.4) is 0 Å². The standard InChI is InChI=1S/C26H17F3N2O/c27-18-11-17(25(29)21(28)13-18)14-31-22-8-4-7-20(26(30)32)24(22)19-10-9-16(12-23(19)31)15-5-2-1-3-6-15/h1-13H,14H2,(H2,30,32). The highest BCUT2D eigenvalue weighted by Crippen LogP contribution is 2.35. The van der Waals surface area contributed by atoms with Crippen LogP contribution in [0, 0.1) is 17.5 Å². The van der Waals surface area contributed by atoms with Crippen molar-refractivity contribution in [3.63, 3.8) is 0 Å². The van der Waals surface area contributed by atoms with Crippen molar-refractivity contribution in [2.45, 2.75) is 6.54 Å².